The number of thiocarbonyl (C=S) groups is 1. The fourth-order valence-corrected chi connectivity index (χ4v) is 8.51. The molecule has 0 aliphatic carbocycles. The molecule has 1 heterocycles. The molecular weight excluding hydrogens is 813 g/mol. The number of aliphatic carboxylic acids is 1. The first-order valence-corrected chi connectivity index (χ1v) is 21.7. The number of carboxylic acid groups (broad SMARTS) is 1. The average molecular weight is 855 g/mol. The fourth-order valence-electron chi connectivity index (χ4n) is 7.26. The van der Waals surface area contributed by atoms with Crippen LogP contribution in [0.5, 0.6) is 0 Å². The highest BCUT2D eigenvalue weighted by Crippen LogP contribution is 2.37. The number of carboxylic acids is 1. The van der Waals surface area contributed by atoms with Crippen LogP contribution in [0.4, 0.5) is 17.1 Å². The second kappa shape index (κ2) is 20.3. The van der Waals surface area contributed by atoms with Gasteiger partial charge in [-0.05, 0) is 92.6 Å². The molecule has 63 heavy (non-hydrogen) atoms. The first-order chi connectivity index (χ1) is 30.9. The summed E-state index contributed by atoms with van der Waals surface area (Å²) in [6, 6.07) is 66.5. The molecule has 8 rings (SSSR count). The van der Waals surface area contributed by atoms with Crippen molar-refractivity contribution in [2.24, 2.45) is 0 Å². The van der Waals surface area contributed by atoms with Crippen LogP contribution in [-0.4, -0.2) is 32.7 Å². The maximum atomic E-state index is 13.0. The maximum absolute atomic E-state index is 13.0. The van der Waals surface area contributed by atoms with Crippen molar-refractivity contribution in [3.05, 3.63) is 262 Å². The number of hydrogen-bond donors (Lipinski definition) is 1. The number of hydrogen-bond acceptors (Lipinski definition) is 5. The fraction of sp³-hybridized carbons (Fsp3) is 0.0179. The van der Waals surface area contributed by atoms with Crippen LogP contribution >= 0.6 is 24.0 Å². The van der Waals surface area contributed by atoms with Crippen molar-refractivity contribution in [3.63, 3.8) is 0 Å². The summed E-state index contributed by atoms with van der Waals surface area (Å²) in [7, 11) is 0. The van der Waals surface area contributed by atoms with E-state index in [1.165, 1.54) is 0 Å². The van der Waals surface area contributed by atoms with Crippen LogP contribution in [0, 0.1) is 0 Å². The standard InChI is InChI=1S/C56H42N2O3S2/c59-54(60)40-57-55(61)53(63-56(57)62)39-43-31-37-50(38-32-43)58(48-33-27-41(28-34-48)15-13-25-51(44-17-5-1-6-18-44)45-19-7-2-8-20-45)49-35-29-42(30-36-49)16-14-26-52(46-21-9-3-10-22-46)47-23-11-4-12-24-47/h1-39H,40H2,(H,59,60)/b15-13+,16-14+,53-39?. The summed E-state index contributed by atoms with van der Waals surface area (Å²) in [5.74, 6) is -1.51. The van der Waals surface area contributed by atoms with Gasteiger partial charge in [-0.2, -0.15) is 0 Å². The number of anilines is 3. The first-order valence-electron chi connectivity index (χ1n) is 20.5. The lowest BCUT2D eigenvalue weighted by molar-refractivity contribution is -0.140. The zero-order valence-electron chi connectivity index (χ0n) is 34.2. The number of rotatable bonds is 14. The van der Waals surface area contributed by atoms with E-state index in [9.17, 15) is 14.7 Å². The van der Waals surface area contributed by atoms with E-state index in [1.54, 1.807) is 6.08 Å². The normalized spacial score (nSPS) is 13.1. The molecule has 1 N–H and O–H groups in total. The molecule has 0 saturated carbocycles. The van der Waals surface area contributed by atoms with Crippen LogP contribution in [0.1, 0.15) is 38.9 Å². The Kier molecular flexibility index (Phi) is 13.6. The van der Waals surface area contributed by atoms with Crippen LogP contribution in [0.2, 0.25) is 0 Å². The van der Waals surface area contributed by atoms with Crippen LogP contribution < -0.4 is 4.90 Å². The number of carbonyl (C=O) groups is 2. The highest BCUT2D eigenvalue weighted by Gasteiger charge is 2.33. The Morgan fingerprint density at radius 2 is 0.873 bits per heavy atom. The molecule has 7 heteroatoms. The summed E-state index contributed by atoms with van der Waals surface area (Å²) in [5.41, 5.74) is 12.7. The molecule has 1 saturated heterocycles. The predicted octanol–water partition coefficient (Wildman–Crippen LogP) is 13.7. The molecule has 1 fully saturated rings. The number of amides is 1. The molecule has 1 amide bonds. The molecule has 0 bridgehead atoms. The van der Waals surface area contributed by atoms with Gasteiger partial charge in [-0.1, -0.05) is 218 Å². The lowest BCUT2D eigenvalue weighted by atomic mass is 9.97. The van der Waals surface area contributed by atoms with E-state index in [2.05, 4.69) is 187 Å². The molecule has 306 valence electrons. The van der Waals surface area contributed by atoms with Crippen LogP contribution in [0.3, 0.4) is 0 Å². The molecule has 0 aromatic heterocycles. The van der Waals surface area contributed by atoms with E-state index in [4.69, 9.17) is 12.2 Å². The average Bonchev–Trinajstić information content (AvgIpc) is 3.58. The summed E-state index contributed by atoms with van der Waals surface area (Å²) in [5, 5.41) is 9.26. The minimum Gasteiger partial charge on any atom is -0.480 e. The smallest absolute Gasteiger partial charge is 0.323 e. The van der Waals surface area contributed by atoms with Crippen LogP contribution in [0.15, 0.2) is 223 Å². The minimum atomic E-state index is -1.11. The molecule has 7 aromatic carbocycles. The second-order valence-electron chi connectivity index (χ2n) is 14.6. The minimum absolute atomic E-state index is 0.237. The Morgan fingerprint density at radius 1 is 0.524 bits per heavy atom. The van der Waals surface area contributed by atoms with Gasteiger partial charge in [0.15, 0.2) is 0 Å². The molecule has 1 aliphatic heterocycles. The van der Waals surface area contributed by atoms with Gasteiger partial charge < -0.3 is 10.0 Å². The third kappa shape index (κ3) is 10.7. The molecule has 0 unspecified atom stereocenters. The largest absolute Gasteiger partial charge is 0.480 e. The van der Waals surface area contributed by atoms with Crippen molar-refractivity contribution in [3.8, 4) is 0 Å². The molecular formula is C56H42N2O3S2. The van der Waals surface area contributed by atoms with Gasteiger partial charge in [0.25, 0.3) is 5.91 Å². The Balaban J connectivity index is 1.08. The van der Waals surface area contributed by atoms with Crippen LogP contribution in [-0.2, 0) is 9.59 Å². The summed E-state index contributed by atoms with van der Waals surface area (Å²) in [4.78, 5) is 28.0. The van der Waals surface area contributed by atoms with Gasteiger partial charge in [-0.25, -0.2) is 0 Å². The van der Waals surface area contributed by atoms with E-state index in [0.29, 0.717) is 4.91 Å². The lowest BCUT2D eigenvalue weighted by Gasteiger charge is -2.26. The molecule has 0 atom stereocenters. The predicted molar refractivity (Wildman–Crippen MR) is 267 cm³/mol. The number of carbonyl (C=O) groups excluding carboxylic acids is 1. The van der Waals surface area contributed by atoms with E-state index >= 15 is 0 Å². The number of benzene rings is 7. The van der Waals surface area contributed by atoms with Gasteiger partial charge in [0, 0.05) is 17.1 Å². The lowest BCUT2D eigenvalue weighted by Crippen LogP contribution is -2.33. The van der Waals surface area contributed by atoms with Crippen molar-refractivity contribution in [2.75, 3.05) is 11.4 Å². The number of thioether (sulfide) groups is 1. The molecule has 0 spiro atoms. The third-order valence-corrected chi connectivity index (χ3v) is 11.7. The number of nitrogens with zero attached hydrogens (tertiary/aromatic N) is 2. The van der Waals surface area contributed by atoms with Gasteiger partial charge in [0.2, 0.25) is 0 Å². The zero-order valence-corrected chi connectivity index (χ0v) is 35.8. The molecule has 5 nitrogen and oxygen atoms in total. The van der Waals surface area contributed by atoms with Gasteiger partial charge >= 0.3 is 5.97 Å². The number of allylic oxidation sites excluding steroid dienone is 4. The summed E-state index contributed by atoms with van der Waals surface area (Å²) < 4.78 is 0.237. The topological polar surface area (TPSA) is 60.9 Å². The zero-order chi connectivity index (χ0) is 43.4. The highest BCUT2D eigenvalue weighted by atomic mass is 32.2. The van der Waals surface area contributed by atoms with E-state index in [0.717, 1.165) is 83.8 Å². The Bertz CT molecular complexity index is 2620. The molecule has 0 radical (unpaired) electrons. The highest BCUT2D eigenvalue weighted by molar-refractivity contribution is 8.26. The van der Waals surface area contributed by atoms with Crippen molar-refractivity contribution in [1.29, 1.82) is 0 Å². The van der Waals surface area contributed by atoms with E-state index in [-0.39, 0.29) is 4.32 Å². The van der Waals surface area contributed by atoms with Gasteiger partial charge in [0.1, 0.15) is 10.9 Å². The Hall–Kier alpha value is -7.58. The summed E-state index contributed by atoms with van der Waals surface area (Å²) >= 11 is 6.42. The second-order valence-corrected chi connectivity index (χ2v) is 16.3. The Morgan fingerprint density at radius 3 is 1.22 bits per heavy atom. The van der Waals surface area contributed by atoms with E-state index < -0.39 is 18.4 Å². The van der Waals surface area contributed by atoms with Gasteiger partial charge in [0.05, 0.1) is 4.91 Å². The third-order valence-electron chi connectivity index (χ3n) is 10.4. The van der Waals surface area contributed by atoms with Crippen molar-refractivity contribution < 1.29 is 14.7 Å². The van der Waals surface area contributed by atoms with Crippen LogP contribution in [0.25, 0.3) is 29.4 Å². The maximum Gasteiger partial charge on any atom is 0.323 e. The van der Waals surface area contributed by atoms with E-state index in [1.807, 2.05) is 48.5 Å². The SMILES string of the molecule is O=C(O)CN1C(=O)C(=Cc2ccc(N(c3ccc(/C=C/C=C(c4ccccc4)c4ccccc4)cc3)c3ccc(/C=C/C=C(c4ccccc4)c4ccccc4)cc3)cc2)SC1=S. The quantitative estimate of drug-likeness (QED) is 0.0668. The summed E-state index contributed by atoms with van der Waals surface area (Å²) in [6.07, 6.45) is 14.5. The molecule has 1 aliphatic rings. The Labute approximate surface area is 378 Å². The van der Waals surface area contributed by atoms with Crippen molar-refractivity contribution in [1.82, 2.24) is 4.90 Å². The van der Waals surface area contributed by atoms with Gasteiger partial charge in [-0.15, -0.1) is 0 Å². The molecule has 7 aromatic rings. The monoisotopic (exact) mass is 854 g/mol. The first kappa shape index (κ1) is 42.1. The summed E-state index contributed by atoms with van der Waals surface area (Å²) in [6.45, 7) is -0.461. The van der Waals surface area contributed by atoms with Crippen molar-refractivity contribution >= 4 is 86.6 Å². The van der Waals surface area contributed by atoms with Crippen molar-refractivity contribution in [2.45, 2.75) is 0 Å². The van der Waals surface area contributed by atoms with Gasteiger partial charge in [-0.3, -0.25) is 14.5 Å².